The second kappa shape index (κ2) is 8.62. The predicted octanol–water partition coefficient (Wildman–Crippen LogP) is 0.414. The third-order valence-electron chi connectivity index (χ3n) is 2.48. The summed E-state index contributed by atoms with van der Waals surface area (Å²) in [6, 6.07) is 0. The molecule has 1 heterocycles. The van der Waals surface area contributed by atoms with E-state index in [0.717, 1.165) is 6.61 Å². The van der Waals surface area contributed by atoms with Gasteiger partial charge in [0.05, 0.1) is 24.2 Å². The summed E-state index contributed by atoms with van der Waals surface area (Å²) in [5, 5.41) is 27.1. The fourth-order valence-corrected chi connectivity index (χ4v) is 1.56. The highest BCUT2D eigenvalue weighted by Crippen LogP contribution is 2.07. The Morgan fingerprint density at radius 1 is 1.60 bits per heavy atom. The Morgan fingerprint density at radius 2 is 2.35 bits per heavy atom. The van der Waals surface area contributed by atoms with Crippen LogP contribution in [0.5, 0.6) is 0 Å². The molecule has 8 nitrogen and oxygen atoms in total. The Kier molecular flexibility index (Phi) is 7.13. The van der Waals surface area contributed by atoms with Crippen LogP contribution in [0.3, 0.4) is 0 Å². The third kappa shape index (κ3) is 6.60. The van der Waals surface area contributed by atoms with Crippen LogP contribution < -0.4 is 5.32 Å². The molecule has 1 unspecified atom stereocenters. The van der Waals surface area contributed by atoms with E-state index in [1.165, 1.54) is 17.1 Å². The van der Waals surface area contributed by atoms with E-state index in [1.807, 2.05) is 0 Å². The van der Waals surface area contributed by atoms with E-state index in [2.05, 4.69) is 24.3 Å². The summed E-state index contributed by atoms with van der Waals surface area (Å²) in [5.41, 5.74) is -0.0766. The molecule has 1 aromatic rings. The van der Waals surface area contributed by atoms with E-state index in [4.69, 9.17) is 4.74 Å². The first kappa shape index (κ1) is 16.5. The van der Waals surface area contributed by atoms with Crippen LogP contribution in [-0.2, 0) is 11.3 Å². The average molecular weight is 286 g/mol. The highest BCUT2D eigenvalue weighted by Gasteiger charge is 2.11. The van der Waals surface area contributed by atoms with Crippen LogP contribution in [0.1, 0.15) is 13.8 Å². The fourth-order valence-electron chi connectivity index (χ4n) is 1.56. The van der Waals surface area contributed by atoms with Crippen LogP contribution in [0.4, 0.5) is 5.69 Å². The minimum atomic E-state index is -0.653. The zero-order valence-corrected chi connectivity index (χ0v) is 11.9. The number of nitrogens with zero attached hydrogens (tertiary/aromatic N) is 3. The average Bonchev–Trinajstić information content (AvgIpc) is 2.81. The van der Waals surface area contributed by atoms with Gasteiger partial charge in [-0.2, -0.15) is 5.10 Å². The van der Waals surface area contributed by atoms with E-state index in [0.29, 0.717) is 25.6 Å². The van der Waals surface area contributed by atoms with Gasteiger partial charge in [0.2, 0.25) is 0 Å². The van der Waals surface area contributed by atoms with Crippen molar-refractivity contribution >= 4 is 5.69 Å². The Bertz CT molecular complexity index is 408. The minimum Gasteiger partial charge on any atom is -0.390 e. The molecule has 0 spiro atoms. The molecule has 0 aliphatic carbocycles. The van der Waals surface area contributed by atoms with Crippen molar-refractivity contribution in [3.63, 3.8) is 0 Å². The molecular formula is C12H22N4O4. The molecule has 0 saturated heterocycles. The van der Waals surface area contributed by atoms with Crippen molar-refractivity contribution in [1.29, 1.82) is 0 Å². The van der Waals surface area contributed by atoms with E-state index >= 15 is 0 Å². The van der Waals surface area contributed by atoms with Crippen molar-refractivity contribution < 1.29 is 14.8 Å². The Balaban J connectivity index is 2.13. The van der Waals surface area contributed by atoms with Crippen LogP contribution >= 0.6 is 0 Å². The molecule has 0 bridgehead atoms. The molecule has 8 heteroatoms. The Hall–Kier alpha value is -1.51. The largest absolute Gasteiger partial charge is 0.390 e. The molecule has 1 atom stereocenters. The number of nitro groups is 1. The maximum atomic E-state index is 10.5. The normalized spacial score (nSPS) is 12.8. The molecule has 0 aliphatic heterocycles. The number of aliphatic hydroxyl groups excluding tert-OH is 1. The number of aromatic nitrogens is 2. The predicted molar refractivity (Wildman–Crippen MR) is 73.4 cm³/mol. The van der Waals surface area contributed by atoms with Crippen LogP contribution in [-0.4, -0.2) is 52.2 Å². The summed E-state index contributed by atoms with van der Waals surface area (Å²) in [7, 11) is 0. The number of aliphatic hydroxyl groups is 1. The summed E-state index contributed by atoms with van der Waals surface area (Å²) >= 11 is 0. The van der Waals surface area contributed by atoms with Crippen molar-refractivity contribution in [3.05, 3.63) is 22.5 Å². The van der Waals surface area contributed by atoms with Gasteiger partial charge >= 0.3 is 5.69 Å². The second-order valence-corrected chi connectivity index (χ2v) is 5.00. The van der Waals surface area contributed by atoms with Gasteiger partial charge in [0.25, 0.3) is 0 Å². The molecule has 0 aromatic carbocycles. The quantitative estimate of drug-likeness (QED) is 0.367. The molecule has 1 aromatic heterocycles. The minimum absolute atomic E-state index is 0.0766. The molecule has 1 rings (SSSR count). The van der Waals surface area contributed by atoms with E-state index in [9.17, 15) is 15.2 Å². The SMILES string of the molecule is CC(C)COCCNCC(O)Cn1cc([N+](=O)[O-])cn1. The number of ether oxygens (including phenoxy) is 1. The van der Waals surface area contributed by atoms with E-state index < -0.39 is 11.0 Å². The lowest BCUT2D eigenvalue weighted by atomic mass is 10.2. The molecule has 114 valence electrons. The standard InChI is InChI=1S/C12H22N4O4/c1-10(2)9-20-4-3-13-6-12(17)8-15-7-11(5-14-15)16(18)19/h5,7,10,12-13,17H,3-4,6,8-9H2,1-2H3. The van der Waals surface area contributed by atoms with Crippen molar-refractivity contribution in [2.45, 2.75) is 26.5 Å². The molecule has 0 fully saturated rings. The summed E-state index contributed by atoms with van der Waals surface area (Å²) in [5.74, 6) is 0.510. The fraction of sp³-hybridized carbons (Fsp3) is 0.750. The van der Waals surface area contributed by atoms with Crippen LogP contribution in [0.15, 0.2) is 12.4 Å². The highest BCUT2D eigenvalue weighted by atomic mass is 16.6. The van der Waals surface area contributed by atoms with Crippen molar-refractivity contribution in [2.24, 2.45) is 5.92 Å². The van der Waals surface area contributed by atoms with Gasteiger partial charge < -0.3 is 15.2 Å². The zero-order valence-electron chi connectivity index (χ0n) is 11.9. The smallest absolute Gasteiger partial charge is 0.306 e. The van der Waals surface area contributed by atoms with E-state index in [-0.39, 0.29) is 12.2 Å². The lowest BCUT2D eigenvalue weighted by Gasteiger charge is -2.12. The summed E-state index contributed by atoms with van der Waals surface area (Å²) in [4.78, 5) is 9.97. The van der Waals surface area contributed by atoms with Gasteiger partial charge in [-0.25, -0.2) is 0 Å². The first-order valence-corrected chi connectivity index (χ1v) is 6.62. The molecule has 20 heavy (non-hydrogen) atoms. The zero-order chi connectivity index (χ0) is 15.0. The Labute approximate surface area is 117 Å². The summed E-state index contributed by atoms with van der Waals surface area (Å²) in [6.45, 7) is 6.75. The summed E-state index contributed by atoms with van der Waals surface area (Å²) < 4.78 is 6.75. The first-order valence-electron chi connectivity index (χ1n) is 6.62. The highest BCUT2D eigenvalue weighted by molar-refractivity contribution is 5.20. The monoisotopic (exact) mass is 286 g/mol. The molecule has 0 aliphatic rings. The number of hydrogen-bond donors (Lipinski definition) is 2. The molecule has 0 saturated carbocycles. The van der Waals surface area contributed by atoms with Crippen LogP contribution in [0, 0.1) is 16.0 Å². The van der Waals surface area contributed by atoms with Crippen molar-refractivity contribution in [2.75, 3.05) is 26.3 Å². The number of nitrogens with one attached hydrogen (secondary N) is 1. The van der Waals surface area contributed by atoms with Gasteiger partial charge in [-0.05, 0) is 5.92 Å². The number of rotatable bonds is 10. The molecule has 0 radical (unpaired) electrons. The number of hydrogen-bond acceptors (Lipinski definition) is 6. The molecular weight excluding hydrogens is 264 g/mol. The lowest BCUT2D eigenvalue weighted by molar-refractivity contribution is -0.385. The third-order valence-corrected chi connectivity index (χ3v) is 2.48. The topological polar surface area (TPSA) is 102 Å². The van der Waals surface area contributed by atoms with Crippen LogP contribution in [0.2, 0.25) is 0 Å². The van der Waals surface area contributed by atoms with Gasteiger partial charge in [-0.15, -0.1) is 0 Å². The van der Waals surface area contributed by atoms with Gasteiger partial charge in [-0.1, -0.05) is 13.8 Å². The maximum absolute atomic E-state index is 10.5. The van der Waals surface area contributed by atoms with Gasteiger partial charge in [0.1, 0.15) is 12.4 Å². The van der Waals surface area contributed by atoms with Gasteiger partial charge in [0.15, 0.2) is 0 Å². The first-order chi connectivity index (χ1) is 9.49. The maximum Gasteiger partial charge on any atom is 0.306 e. The molecule has 2 N–H and O–H groups in total. The van der Waals surface area contributed by atoms with Crippen LogP contribution in [0.25, 0.3) is 0 Å². The molecule has 0 amide bonds. The lowest BCUT2D eigenvalue weighted by Crippen LogP contribution is -2.32. The van der Waals surface area contributed by atoms with Crippen molar-refractivity contribution in [1.82, 2.24) is 15.1 Å². The Morgan fingerprint density at radius 3 is 2.95 bits per heavy atom. The van der Waals surface area contributed by atoms with E-state index in [1.54, 1.807) is 0 Å². The van der Waals surface area contributed by atoms with Gasteiger partial charge in [-0.3, -0.25) is 14.8 Å². The van der Waals surface area contributed by atoms with Gasteiger partial charge in [0, 0.05) is 19.7 Å². The second-order valence-electron chi connectivity index (χ2n) is 5.00. The summed E-state index contributed by atoms with van der Waals surface area (Å²) in [6.07, 6.45) is 1.81. The van der Waals surface area contributed by atoms with Crippen molar-refractivity contribution in [3.8, 4) is 0 Å².